The third-order valence-corrected chi connectivity index (χ3v) is 11.8. The van der Waals surface area contributed by atoms with Crippen LogP contribution in [-0.4, -0.2) is 57.1 Å². The number of ether oxygens (including phenoxy) is 1. The molecule has 0 N–H and O–H groups in total. The van der Waals surface area contributed by atoms with Crippen molar-refractivity contribution in [1.29, 1.82) is 0 Å². The van der Waals surface area contributed by atoms with Crippen molar-refractivity contribution in [2.45, 2.75) is 59.0 Å². The fraction of sp³-hybridized carbons (Fsp3) is 0.325. The van der Waals surface area contributed by atoms with Gasteiger partial charge in [-0.15, -0.1) is 10.2 Å². The maximum Gasteiger partial charge on any atom is 0.276 e. The summed E-state index contributed by atoms with van der Waals surface area (Å²) in [7, 11) is 5.67. The standard InChI is InChI=1S/C40H41Cl2N9O2/c1-21-17-27(18-22(2)35(21)41)53-16-10-13-29-28-11-9-12-30(34-23(3)44-48(7)24(34)4)36(28)50-25(5)38(42)51(40(52)37(29)50)33-20-47(6)32-15-14-26(19-31(32)33)39-43-46-49(8)45-39/h9,11-12,14-15,17-20,25,38H,10,13,16H2,1-8H3/t25?,38-/m0/s1. The predicted molar refractivity (Wildman–Crippen MR) is 210 cm³/mol. The number of nitrogens with zero attached hydrogens (tertiary/aromatic N) is 9. The van der Waals surface area contributed by atoms with E-state index >= 15 is 4.79 Å². The Hall–Kier alpha value is -5.13. The van der Waals surface area contributed by atoms with Crippen LogP contribution < -0.4 is 9.64 Å². The molecule has 0 radical (unpaired) electrons. The highest BCUT2D eigenvalue weighted by atomic mass is 35.5. The number of aryl methyl sites for hydroxylation is 7. The van der Waals surface area contributed by atoms with E-state index < -0.39 is 5.50 Å². The summed E-state index contributed by atoms with van der Waals surface area (Å²) in [6, 6.07) is 16.0. The van der Waals surface area contributed by atoms with Gasteiger partial charge in [-0.05, 0) is 99.7 Å². The zero-order valence-electron chi connectivity index (χ0n) is 31.1. The molecule has 2 atom stereocenters. The Morgan fingerprint density at radius 1 is 0.943 bits per heavy atom. The molecule has 8 rings (SSSR count). The van der Waals surface area contributed by atoms with Gasteiger partial charge < -0.3 is 13.9 Å². The molecule has 1 aliphatic rings. The van der Waals surface area contributed by atoms with E-state index in [0.717, 1.165) is 83.0 Å². The Kier molecular flexibility index (Phi) is 8.61. The summed E-state index contributed by atoms with van der Waals surface area (Å²) in [5, 5.41) is 20.1. The number of carbonyl (C=O) groups excluding carboxylic acids is 1. The van der Waals surface area contributed by atoms with Crippen LogP contribution in [0.5, 0.6) is 5.75 Å². The number of alkyl halides is 1. The maximum absolute atomic E-state index is 15.2. The van der Waals surface area contributed by atoms with Crippen LogP contribution in [0.1, 0.15) is 58.0 Å². The number of anilines is 1. The number of para-hydroxylation sites is 1. The van der Waals surface area contributed by atoms with Gasteiger partial charge in [0.2, 0.25) is 5.82 Å². The van der Waals surface area contributed by atoms with Crippen LogP contribution >= 0.6 is 23.2 Å². The first-order valence-electron chi connectivity index (χ1n) is 17.7. The van der Waals surface area contributed by atoms with Gasteiger partial charge in [0.05, 0.1) is 36.6 Å². The number of rotatable bonds is 8. The molecule has 0 saturated heterocycles. The van der Waals surface area contributed by atoms with Gasteiger partial charge in [-0.25, -0.2) is 0 Å². The van der Waals surface area contributed by atoms with Crippen molar-refractivity contribution in [1.82, 2.24) is 39.1 Å². The number of hydrogen-bond donors (Lipinski definition) is 0. The Morgan fingerprint density at radius 3 is 2.38 bits per heavy atom. The second kappa shape index (κ2) is 13.1. The van der Waals surface area contributed by atoms with E-state index in [1.54, 1.807) is 11.9 Å². The van der Waals surface area contributed by atoms with Gasteiger partial charge in [-0.2, -0.15) is 9.90 Å². The van der Waals surface area contributed by atoms with Gasteiger partial charge in [-0.3, -0.25) is 14.4 Å². The topological polar surface area (TPSA) is 101 Å². The summed E-state index contributed by atoms with van der Waals surface area (Å²) in [5.74, 6) is 1.14. The minimum atomic E-state index is -0.689. The SMILES string of the molecule is Cc1cc(OCCCc2c3n(c4c(-c5c(C)nn(C)c5C)cccc24)C(C)[C@@H](Cl)N(c2cn(C)c4ccc(-c5nnn(C)n5)cc24)C3=O)cc(C)c1Cl. The molecular formula is C40H41Cl2N9O2. The molecule has 1 unspecified atom stereocenters. The van der Waals surface area contributed by atoms with Gasteiger partial charge in [0, 0.05) is 64.0 Å². The third kappa shape index (κ3) is 5.59. The van der Waals surface area contributed by atoms with E-state index in [1.807, 2.05) is 80.6 Å². The lowest BCUT2D eigenvalue weighted by Crippen LogP contribution is -2.47. The first kappa shape index (κ1) is 34.9. The molecule has 1 amide bonds. The van der Waals surface area contributed by atoms with Crippen molar-refractivity contribution in [3.63, 3.8) is 0 Å². The van der Waals surface area contributed by atoms with Gasteiger partial charge in [-0.1, -0.05) is 41.4 Å². The van der Waals surface area contributed by atoms with E-state index in [2.05, 4.69) is 52.0 Å². The summed E-state index contributed by atoms with van der Waals surface area (Å²) >= 11 is 13.9. The Morgan fingerprint density at radius 2 is 1.70 bits per heavy atom. The molecule has 0 saturated carbocycles. The molecule has 272 valence electrons. The monoisotopic (exact) mass is 749 g/mol. The fourth-order valence-corrected chi connectivity index (χ4v) is 8.44. The summed E-state index contributed by atoms with van der Waals surface area (Å²) < 4.78 is 12.4. The Balaban J connectivity index is 1.27. The highest BCUT2D eigenvalue weighted by Crippen LogP contribution is 2.46. The van der Waals surface area contributed by atoms with Crippen molar-refractivity contribution in [3.05, 3.63) is 93.5 Å². The smallest absolute Gasteiger partial charge is 0.276 e. The van der Waals surface area contributed by atoms with Gasteiger partial charge in [0.15, 0.2) is 0 Å². The molecule has 13 heteroatoms. The molecule has 3 aromatic carbocycles. The summed E-state index contributed by atoms with van der Waals surface area (Å²) in [6.45, 7) is 10.7. The van der Waals surface area contributed by atoms with Crippen LogP contribution in [0.4, 0.5) is 5.69 Å². The average Bonchev–Trinajstić information content (AvgIpc) is 3.87. The number of amides is 1. The number of benzene rings is 3. The van der Waals surface area contributed by atoms with Crippen LogP contribution in [0.2, 0.25) is 5.02 Å². The summed E-state index contributed by atoms with van der Waals surface area (Å²) in [5.41, 5.74) is 10.4. The predicted octanol–water partition coefficient (Wildman–Crippen LogP) is 8.41. The van der Waals surface area contributed by atoms with Gasteiger partial charge in [0.25, 0.3) is 5.91 Å². The van der Waals surface area contributed by atoms with Crippen molar-refractivity contribution in [2.75, 3.05) is 11.5 Å². The van der Waals surface area contributed by atoms with E-state index in [9.17, 15) is 0 Å². The Bertz CT molecular complexity index is 2570. The lowest BCUT2D eigenvalue weighted by molar-refractivity contribution is 0.0951. The molecule has 11 nitrogen and oxygen atoms in total. The molecule has 7 aromatic rings. The minimum Gasteiger partial charge on any atom is -0.494 e. The second-order valence-electron chi connectivity index (χ2n) is 14.1. The lowest BCUT2D eigenvalue weighted by Gasteiger charge is -2.38. The van der Waals surface area contributed by atoms with Crippen molar-refractivity contribution < 1.29 is 9.53 Å². The highest BCUT2D eigenvalue weighted by molar-refractivity contribution is 6.32. The van der Waals surface area contributed by atoms with Crippen LogP contribution in [0, 0.1) is 27.7 Å². The first-order chi connectivity index (χ1) is 25.3. The maximum atomic E-state index is 15.2. The minimum absolute atomic E-state index is 0.153. The number of fused-ring (bicyclic) bond motifs is 4. The van der Waals surface area contributed by atoms with Crippen molar-refractivity contribution in [3.8, 4) is 28.3 Å². The zero-order chi connectivity index (χ0) is 37.5. The number of aromatic nitrogens is 8. The molecule has 0 bridgehead atoms. The molecule has 53 heavy (non-hydrogen) atoms. The molecular weight excluding hydrogens is 709 g/mol. The first-order valence-corrected chi connectivity index (χ1v) is 18.5. The lowest BCUT2D eigenvalue weighted by atomic mass is 9.98. The molecule has 0 fully saturated rings. The average molecular weight is 751 g/mol. The van der Waals surface area contributed by atoms with E-state index in [0.29, 0.717) is 31.0 Å². The van der Waals surface area contributed by atoms with Crippen LogP contribution in [0.25, 0.3) is 44.3 Å². The van der Waals surface area contributed by atoms with Crippen molar-refractivity contribution >= 4 is 56.6 Å². The number of tetrazole rings is 1. The normalized spacial score (nSPS) is 16.0. The summed E-state index contributed by atoms with van der Waals surface area (Å²) in [6.07, 6.45) is 3.29. The second-order valence-corrected chi connectivity index (χ2v) is 15.0. The number of hydrogen-bond acceptors (Lipinski definition) is 6. The van der Waals surface area contributed by atoms with Gasteiger partial charge in [0.1, 0.15) is 16.9 Å². The quantitative estimate of drug-likeness (QED) is 0.0879. The fourth-order valence-electron chi connectivity index (χ4n) is 8.03. The molecule has 4 aromatic heterocycles. The zero-order valence-corrected chi connectivity index (χ0v) is 32.6. The Labute approximate surface area is 317 Å². The van der Waals surface area contributed by atoms with Gasteiger partial charge >= 0.3 is 0 Å². The van der Waals surface area contributed by atoms with Crippen LogP contribution in [0.15, 0.2) is 54.7 Å². The molecule has 0 spiro atoms. The van der Waals surface area contributed by atoms with Crippen molar-refractivity contribution in [2.24, 2.45) is 21.1 Å². The molecule has 1 aliphatic heterocycles. The van der Waals surface area contributed by atoms with E-state index in [1.165, 1.54) is 4.80 Å². The molecule has 0 aliphatic carbocycles. The third-order valence-electron chi connectivity index (χ3n) is 10.6. The molecule has 5 heterocycles. The van der Waals surface area contributed by atoms with Crippen LogP contribution in [0.3, 0.4) is 0 Å². The highest BCUT2D eigenvalue weighted by Gasteiger charge is 2.42. The van der Waals surface area contributed by atoms with Crippen LogP contribution in [-0.2, 0) is 27.6 Å². The summed E-state index contributed by atoms with van der Waals surface area (Å²) in [4.78, 5) is 18.4. The number of halogens is 2. The van der Waals surface area contributed by atoms with E-state index in [4.69, 9.17) is 33.0 Å². The largest absolute Gasteiger partial charge is 0.494 e. The number of carbonyl (C=O) groups is 1. The van der Waals surface area contributed by atoms with E-state index in [-0.39, 0.29) is 11.9 Å².